The number of carbonyl (C=O) groups is 1. The summed E-state index contributed by atoms with van der Waals surface area (Å²) in [7, 11) is 0. The number of rotatable bonds is 3. The van der Waals surface area contributed by atoms with Crippen molar-refractivity contribution in [2.75, 3.05) is 18.5 Å². The molecule has 0 saturated carbocycles. The van der Waals surface area contributed by atoms with Gasteiger partial charge in [0.25, 0.3) is 12.3 Å². The van der Waals surface area contributed by atoms with Crippen molar-refractivity contribution < 1.29 is 22.7 Å². The second-order valence-electron chi connectivity index (χ2n) is 6.81. The summed E-state index contributed by atoms with van der Waals surface area (Å²) >= 11 is 0. The molecule has 1 atom stereocenters. The molecular formula is C21H15F3N6O2. The molecule has 1 amide bonds. The summed E-state index contributed by atoms with van der Waals surface area (Å²) in [5.41, 5.74) is -1.47. The zero-order chi connectivity index (χ0) is 22.7. The molecule has 1 aliphatic heterocycles. The number of anilines is 1. The standard InChI is InChI=1S/C21H15F3N6O2/c1-25-17-9-32-10-21(30-17,20(23)24)5-4-12-6-14(2-3-15(12)22)28-19(31)16-7-13-8-26-11-27-18(13)29-16/h2-3,6-8,11,20H,1,9-10H2,(H,28,31)(H,26,27,29). The monoisotopic (exact) mass is 440 g/mol. The maximum atomic E-state index is 14.3. The van der Waals surface area contributed by atoms with Crippen LogP contribution in [0.15, 0.2) is 46.8 Å². The first kappa shape index (κ1) is 21.2. The highest BCUT2D eigenvalue weighted by atomic mass is 19.3. The number of ether oxygens (including phenoxy) is 1. The van der Waals surface area contributed by atoms with E-state index in [-0.39, 0.29) is 29.4 Å². The Labute approximate surface area is 179 Å². The average Bonchev–Trinajstić information content (AvgIpc) is 3.24. The van der Waals surface area contributed by atoms with Crippen LogP contribution < -0.4 is 5.32 Å². The van der Waals surface area contributed by atoms with Crippen molar-refractivity contribution in [3.63, 3.8) is 0 Å². The molecule has 0 bridgehead atoms. The first-order valence-corrected chi connectivity index (χ1v) is 9.24. The van der Waals surface area contributed by atoms with Gasteiger partial charge >= 0.3 is 0 Å². The lowest BCUT2D eigenvalue weighted by Crippen LogP contribution is -2.44. The van der Waals surface area contributed by atoms with Crippen molar-refractivity contribution in [3.05, 3.63) is 53.9 Å². The molecule has 2 N–H and O–H groups in total. The van der Waals surface area contributed by atoms with Gasteiger partial charge in [-0.25, -0.2) is 33.1 Å². The number of hydrogen-bond acceptors (Lipinski definition) is 6. The van der Waals surface area contributed by atoms with Crippen LogP contribution in [-0.4, -0.2) is 58.6 Å². The number of H-pyrrole nitrogens is 1. The number of aliphatic imine (C=N–C) groups is 2. The van der Waals surface area contributed by atoms with Crippen LogP contribution in [-0.2, 0) is 4.74 Å². The number of nitrogens with one attached hydrogen (secondary N) is 2. The van der Waals surface area contributed by atoms with Crippen LogP contribution >= 0.6 is 0 Å². The molecule has 162 valence electrons. The second-order valence-corrected chi connectivity index (χ2v) is 6.81. The van der Waals surface area contributed by atoms with Gasteiger partial charge in [0.05, 0.1) is 12.2 Å². The van der Waals surface area contributed by atoms with Gasteiger partial charge in [-0.3, -0.25) is 4.79 Å². The Hall–Kier alpha value is -4.04. The summed E-state index contributed by atoms with van der Waals surface area (Å²) in [5, 5.41) is 3.24. The fourth-order valence-corrected chi connectivity index (χ4v) is 2.97. The quantitative estimate of drug-likeness (QED) is 0.483. The SMILES string of the molecule is C=NC1=NC(C#Cc2cc(NC(=O)c3cc4cncnc4[nH]3)ccc2F)(C(F)F)COC1. The zero-order valence-corrected chi connectivity index (χ0v) is 16.4. The highest BCUT2D eigenvalue weighted by Crippen LogP contribution is 2.25. The Balaban J connectivity index is 1.61. The van der Waals surface area contributed by atoms with Crippen LogP contribution in [0.1, 0.15) is 16.1 Å². The lowest BCUT2D eigenvalue weighted by Gasteiger charge is -2.27. The van der Waals surface area contributed by atoms with Gasteiger partial charge in [0.15, 0.2) is 0 Å². The number of benzene rings is 1. The summed E-state index contributed by atoms with van der Waals surface area (Å²) in [6.45, 7) is 2.72. The van der Waals surface area contributed by atoms with Crippen molar-refractivity contribution in [1.29, 1.82) is 0 Å². The highest BCUT2D eigenvalue weighted by molar-refractivity contribution is 6.05. The molecule has 0 fully saturated rings. The molecule has 3 heterocycles. The van der Waals surface area contributed by atoms with E-state index in [1.165, 1.54) is 18.5 Å². The third-order valence-corrected chi connectivity index (χ3v) is 4.60. The highest BCUT2D eigenvalue weighted by Gasteiger charge is 2.41. The molecule has 0 spiro atoms. The maximum absolute atomic E-state index is 14.3. The first-order chi connectivity index (χ1) is 15.4. The van der Waals surface area contributed by atoms with Crippen LogP contribution in [0.3, 0.4) is 0 Å². The minimum absolute atomic E-state index is 0.0182. The number of alkyl halides is 2. The molecule has 32 heavy (non-hydrogen) atoms. The van der Waals surface area contributed by atoms with E-state index in [4.69, 9.17) is 4.74 Å². The maximum Gasteiger partial charge on any atom is 0.276 e. The number of amidine groups is 1. The third kappa shape index (κ3) is 4.21. The Morgan fingerprint density at radius 1 is 1.38 bits per heavy atom. The molecule has 0 radical (unpaired) electrons. The molecule has 2 aromatic heterocycles. The van der Waals surface area contributed by atoms with E-state index in [1.54, 1.807) is 12.3 Å². The van der Waals surface area contributed by atoms with Gasteiger partial charge in [-0.1, -0.05) is 11.8 Å². The van der Waals surface area contributed by atoms with Gasteiger partial charge in [-0.15, -0.1) is 0 Å². The van der Waals surface area contributed by atoms with Crippen LogP contribution in [0.2, 0.25) is 0 Å². The number of amides is 1. The normalized spacial score (nSPS) is 18.1. The fraction of sp³-hybridized carbons (Fsp3) is 0.190. The largest absolute Gasteiger partial charge is 0.370 e. The lowest BCUT2D eigenvalue weighted by molar-refractivity contribution is 0.0187. The van der Waals surface area contributed by atoms with E-state index in [0.29, 0.717) is 11.0 Å². The number of carbonyl (C=O) groups excluding carboxylic acids is 1. The Morgan fingerprint density at radius 2 is 2.22 bits per heavy atom. The predicted molar refractivity (Wildman–Crippen MR) is 112 cm³/mol. The van der Waals surface area contributed by atoms with E-state index >= 15 is 0 Å². The number of halogens is 3. The molecule has 0 aliphatic carbocycles. The van der Waals surface area contributed by atoms with Gasteiger partial charge in [0.2, 0.25) is 5.54 Å². The predicted octanol–water partition coefficient (Wildman–Crippen LogP) is 2.83. The van der Waals surface area contributed by atoms with Gasteiger partial charge < -0.3 is 15.0 Å². The topological polar surface area (TPSA) is 105 Å². The van der Waals surface area contributed by atoms with Gasteiger partial charge in [-0.2, -0.15) is 0 Å². The molecule has 1 aromatic carbocycles. The second kappa shape index (κ2) is 8.60. The smallest absolute Gasteiger partial charge is 0.276 e. The number of aromatic nitrogens is 3. The number of hydrogen-bond donors (Lipinski definition) is 2. The van der Waals surface area contributed by atoms with Gasteiger partial charge in [0.1, 0.15) is 35.9 Å². The van der Waals surface area contributed by atoms with Crippen LogP contribution in [0.25, 0.3) is 11.0 Å². The molecular weight excluding hydrogens is 425 g/mol. The van der Waals surface area contributed by atoms with Gasteiger partial charge in [-0.05, 0) is 31.0 Å². The molecule has 11 heteroatoms. The van der Waals surface area contributed by atoms with Gasteiger partial charge in [0, 0.05) is 17.3 Å². The fourth-order valence-electron chi connectivity index (χ4n) is 2.97. The average molecular weight is 440 g/mol. The molecule has 1 aliphatic rings. The number of fused-ring (bicyclic) bond motifs is 1. The summed E-state index contributed by atoms with van der Waals surface area (Å²) < 4.78 is 46.8. The number of nitrogens with zero attached hydrogens (tertiary/aromatic N) is 4. The van der Waals surface area contributed by atoms with Crippen LogP contribution in [0, 0.1) is 17.7 Å². The van der Waals surface area contributed by atoms with Crippen molar-refractivity contribution in [2.45, 2.75) is 12.0 Å². The van der Waals surface area contributed by atoms with E-state index in [0.717, 1.165) is 6.07 Å². The first-order valence-electron chi connectivity index (χ1n) is 9.24. The molecule has 3 aromatic rings. The van der Waals surface area contributed by atoms with Crippen molar-refractivity contribution >= 4 is 35.2 Å². The van der Waals surface area contributed by atoms with Crippen molar-refractivity contribution in [2.24, 2.45) is 9.98 Å². The van der Waals surface area contributed by atoms with E-state index < -0.39 is 30.3 Å². The summed E-state index contributed by atoms with van der Waals surface area (Å²) in [6, 6.07) is 5.20. The summed E-state index contributed by atoms with van der Waals surface area (Å²) in [6.07, 6.45) is -0.110. The van der Waals surface area contributed by atoms with E-state index in [1.807, 2.05) is 0 Å². The van der Waals surface area contributed by atoms with E-state index in [2.05, 4.69) is 48.8 Å². The molecule has 4 rings (SSSR count). The molecule has 8 nitrogen and oxygen atoms in total. The van der Waals surface area contributed by atoms with Crippen molar-refractivity contribution in [3.8, 4) is 11.8 Å². The minimum Gasteiger partial charge on any atom is -0.370 e. The molecule has 0 saturated heterocycles. The Morgan fingerprint density at radius 3 is 2.97 bits per heavy atom. The summed E-state index contributed by atoms with van der Waals surface area (Å²) in [4.78, 5) is 30.6. The lowest BCUT2D eigenvalue weighted by atomic mass is 10.0. The Kier molecular flexibility index (Phi) is 5.70. The molecule has 1 unspecified atom stereocenters. The van der Waals surface area contributed by atoms with Crippen LogP contribution in [0.4, 0.5) is 18.9 Å². The van der Waals surface area contributed by atoms with Crippen LogP contribution in [0.5, 0.6) is 0 Å². The third-order valence-electron chi connectivity index (χ3n) is 4.60. The summed E-state index contributed by atoms with van der Waals surface area (Å²) in [5.74, 6) is 3.43. The van der Waals surface area contributed by atoms with Crippen molar-refractivity contribution in [1.82, 2.24) is 15.0 Å². The number of aromatic amines is 1. The minimum atomic E-state index is -3.00. The zero-order valence-electron chi connectivity index (χ0n) is 16.4. The Bertz CT molecular complexity index is 1260. The van der Waals surface area contributed by atoms with E-state index in [9.17, 15) is 18.0 Å².